The first kappa shape index (κ1) is 15.7. The molecule has 13 heavy (non-hydrogen) atoms. The Bertz CT molecular complexity index is 126. The Balaban J connectivity index is 0. The summed E-state index contributed by atoms with van der Waals surface area (Å²) in [6.07, 6.45) is 6.08. The van der Waals surface area contributed by atoms with E-state index in [1.165, 1.54) is 12.8 Å². The zero-order valence-corrected chi connectivity index (χ0v) is 9.92. The molecule has 0 saturated heterocycles. The average molecular weight is 279 g/mol. The SMILES string of the molecule is CCCCCCC(CC)C(=O)[O-].[Ag+]. The van der Waals surface area contributed by atoms with Crippen molar-refractivity contribution in [2.24, 2.45) is 5.92 Å². The summed E-state index contributed by atoms with van der Waals surface area (Å²) < 4.78 is 0. The normalized spacial score (nSPS) is 11.8. The fraction of sp³-hybridized carbons (Fsp3) is 0.900. The largest absolute Gasteiger partial charge is 1.00 e. The molecule has 0 aliphatic carbocycles. The van der Waals surface area contributed by atoms with Crippen LogP contribution in [0.25, 0.3) is 0 Å². The molecule has 0 saturated carbocycles. The number of aliphatic carboxylic acids is 1. The number of carboxylic acids is 1. The number of carbonyl (C=O) groups excluding carboxylic acids is 1. The Labute approximate surface area is 96.6 Å². The van der Waals surface area contributed by atoms with Gasteiger partial charge in [-0.25, -0.2) is 0 Å². The van der Waals surface area contributed by atoms with Crippen molar-refractivity contribution in [1.82, 2.24) is 0 Å². The smallest absolute Gasteiger partial charge is 0.550 e. The van der Waals surface area contributed by atoms with E-state index < -0.39 is 5.97 Å². The Morgan fingerprint density at radius 2 is 1.85 bits per heavy atom. The van der Waals surface area contributed by atoms with Crippen LogP contribution >= 0.6 is 0 Å². The van der Waals surface area contributed by atoms with E-state index in [1.807, 2.05) is 6.92 Å². The molecule has 0 aromatic heterocycles. The molecule has 0 rings (SSSR count). The van der Waals surface area contributed by atoms with E-state index in [0.29, 0.717) is 6.42 Å². The summed E-state index contributed by atoms with van der Waals surface area (Å²) >= 11 is 0. The number of carbonyl (C=O) groups is 1. The Morgan fingerprint density at radius 1 is 1.23 bits per heavy atom. The van der Waals surface area contributed by atoms with Crippen molar-refractivity contribution in [2.45, 2.75) is 52.4 Å². The van der Waals surface area contributed by atoms with Crippen LogP contribution in [0.2, 0.25) is 0 Å². The monoisotopic (exact) mass is 278 g/mol. The molecule has 0 amide bonds. The van der Waals surface area contributed by atoms with E-state index in [-0.39, 0.29) is 28.3 Å². The minimum Gasteiger partial charge on any atom is -0.550 e. The van der Waals surface area contributed by atoms with Gasteiger partial charge < -0.3 is 9.90 Å². The van der Waals surface area contributed by atoms with Crippen molar-refractivity contribution in [3.63, 3.8) is 0 Å². The first-order valence-corrected chi connectivity index (χ1v) is 4.93. The molecule has 0 heterocycles. The van der Waals surface area contributed by atoms with Crippen LogP contribution in [0, 0.1) is 5.92 Å². The molecular weight excluding hydrogens is 260 g/mol. The van der Waals surface area contributed by atoms with Crippen LogP contribution in [-0.4, -0.2) is 5.97 Å². The van der Waals surface area contributed by atoms with Gasteiger partial charge in [0, 0.05) is 5.97 Å². The van der Waals surface area contributed by atoms with E-state index in [1.54, 1.807) is 0 Å². The summed E-state index contributed by atoms with van der Waals surface area (Å²) in [6.45, 7) is 4.05. The summed E-state index contributed by atoms with van der Waals surface area (Å²) in [5.74, 6) is -1.10. The van der Waals surface area contributed by atoms with Crippen LogP contribution in [0.4, 0.5) is 0 Å². The fourth-order valence-corrected chi connectivity index (χ4v) is 1.31. The second kappa shape index (κ2) is 10.3. The van der Waals surface area contributed by atoms with Crippen molar-refractivity contribution in [2.75, 3.05) is 0 Å². The second-order valence-corrected chi connectivity index (χ2v) is 3.27. The van der Waals surface area contributed by atoms with Gasteiger partial charge in [-0.05, 0) is 18.8 Å². The topological polar surface area (TPSA) is 40.1 Å². The zero-order valence-electron chi connectivity index (χ0n) is 8.44. The van der Waals surface area contributed by atoms with E-state index in [0.717, 1.165) is 19.3 Å². The standard InChI is InChI=1S/C10H20O2.Ag/c1-3-5-6-7-8-9(4-2)10(11)12;/h9H,3-8H2,1-2H3,(H,11,12);/q;+1/p-1. The van der Waals surface area contributed by atoms with E-state index in [2.05, 4.69) is 6.92 Å². The molecule has 0 N–H and O–H groups in total. The summed E-state index contributed by atoms with van der Waals surface area (Å²) in [4.78, 5) is 10.5. The van der Waals surface area contributed by atoms with Gasteiger partial charge in [-0.3, -0.25) is 0 Å². The maximum atomic E-state index is 10.5. The van der Waals surface area contributed by atoms with Crippen molar-refractivity contribution < 1.29 is 32.3 Å². The second-order valence-electron chi connectivity index (χ2n) is 3.27. The summed E-state index contributed by atoms with van der Waals surface area (Å²) in [6, 6.07) is 0. The number of unbranched alkanes of at least 4 members (excludes halogenated alkanes) is 3. The average Bonchev–Trinajstić information content (AvgIpc) is 2.04. The molecule has 0 radical (unpaired) electrons. The minimum atomic E-state index is -0.881. The molecule has 1 unspecified atom stereocenters. The number of carboxylic acid groups (broad SMARTS) is 1. The first-order chi connectivity index (χ1) is 5.72. The van der Waals surface area contributed by atoms with Crippen LogP contribution in [0.15, 0.2) is 0 Å². The van der Waals surface area contributed by atoms with Crippen LogP contribution in [0.3, 0.4) is 0 Å². The van der Waals surface area contributed by atoms with Crippen molar-refractivity contribution in [1.29, 1.82) is 0 Å². The molecule has 0 aromatic rings. The Hall–Kier alpha value is 0.210. The quantitative estimate of drug-likeness (QED) is 0.526. The van der Waals surface area contributed by atoms with Gasteiger partial charge in [0.2, 0.25) is 0 Å². The summed E-state index contributed by atoms with van der Waals surface area (Å²) in [5, 5.41) is 10.5. The molecule has 82 valence electrons. The van der Waals surface area contributed by atoms with Crippen LogP contribution in [-0.2, 0) is 27.2 Å². The molecule has 0 bridgehead atoms. The van der Waals surface area contributed by atoms with Gasteiger partial charge in [0.15, 0.2) is 0 Å². The third-order valence-electron chi connectivity index (χ3n) is 2.23. The van der Waals surface area contributed by atoms with Gasteiger partial charge in [-0.2, -0.15) is 0 Å². The van der Waals surface area contributed by atoms with E-state index in [4.69, 9.17) is 0 Å². The predicted molar refractivity (Wildman–Crippen MR) is 47.5 cm³/mol. The van der Waals surface area contributed by atoms with Crippen LogP contribution < -0.4 is 5.11 Å². The number of hydrogen-bond acceptors (Lipinski definition) is 2. The molecule has 3 heteroatoms. The van der Waals surface area contributed by atoms with E-state index in [9.17, 15) is 9.90 Å². The van der Waals surface area contributed by atoms with Gasteiger partial charge in [0.1, 0.15) is 0 Å². The Morgan fingerprint density at radius 3 is 2.23 bits per heavy atom. The van der Waals surface area contributed by atoms with Crippen molar-refractivity contribution in [3.05, 3.63) is 0 Å². The molecule has 0 aliphatic rings. The molecule has 0 spiro atoms. The fourth-order valence-electron chi connectivity index (χ4n) is 1.31. The maximum absolute atomic E-state index is 10.5. The van der Waals surface area contributed by atoms with Gasteiger partial charge in [0.05, 0.1) is 0 Å². The van der Waals surface area contributed by atoms with Crippen molar-refractivity contribution in [3.8, 4) is 0 Å². The third kappa shape index (κ3) is 8.54. The van der Waals surface area contributed by atoms with Gasteiger partial charge >= 0.3 is 22.4 Å². The maximum Gasteiger partial charge on any atom is 1.00 e. The molecule has 2 nitrogen and oxygen atoms in total. The molecular formula is C10H19AgO2. The summed E-state index contributed by atoms with van der Waals surface area (Å²) in [7, 11) is 0. The molecule has 0 aromatic carbocycles. The minimum absolute atomic E-state index is 0. The predicted octanol–water partition coefficient (Wildman–Crippen LogP) is 1.73. The number of hydrogen-bond donors (Lipinski definition) is 0. The van der Waals surface area contributed by atoms with Gasteiger partial charge in [-0.15, -0.1) is 0 Å². The first-order valence-electron chi connectivity index (χ1n) is 4.93. The molecule has 0 fully saturated rings. The zero-order chi connectivity index (χ0) is 9.40. The third-order valence-corrected chi connectivity index (χ3v) is 2.23. The van der Waals surface area contributed by atoms with Crippen LogP contribution in [0.1, 0.15) is 52.4 Å². The van der Waals surface area contributed by atoms with Gasteiger partial charge in [0.25, 0.3) is 0 Å². The Kier molecular flexibility index (Phi) is 12.4. The summed E-state index contributed by atoms with van der Waals surface area (Å²) in [5.41, 5.74) is 0. The molecule has 0 aliphatic heterocycles. The number of rotatable bonds is 7. The van der Waals surface area contributed by atoms with E-state index >= 15 is 0 Å². The van der Waals surface area contributed by atoms with Crippen LogP contribution in [0.5, 0.6) is 0 Å². The van der Waals surface area contributed by atoms with Crippen molar-refractivity contribution >= 4 is 5.97 Å². The molecule has 1 atom stereocenters. The van der Waals surface area contributed by atoms with Gasteiger partial charge in [-0.1, -0.05) is 39.5 Å².